The lowest BCUT2D eigenvalue weighted by Crippen LogP contribution is -2.41. The Labute approximate surface area is 296 Å². The summed E-state index contributed by atoms with van der Waals surface area (Å²) in [4.78, 5) is 0. The van der Waals surface area contributed by atoms with Gasteiger partial charge in [-0.3, -0.25) is 8.42 Å². The molecule has 0 fully saturated rings. The first kappa shape index (κ1) is 51.1. The van der Waals surface area contributed by atoms with E-state index in [4.69, 9.17) is 17.5 Å². The Morgan fingerprint density at radius 1 is 0.404 bits per heavy atom. The van der Waals surface area contributed by atoms with Gasteiger partial charge in [-0.25, -0.2) is 0 Å². The molecule has 0 heterocycles. The molecule has 0 aromatic rings. The number of nitrogens with one attached hydrogen (secondary N) is 2. The molecule has 0 spiro atoms. The van der Waals surface area contributed by atoms with Gasteiger partial charge >= 0.3 is 0 Å². The lowest BCUT2D eigenvalue weighted by Gasteiger charge is -2.28. The smallest absolute Gasteiger partial charge is 0.0794 e. The van der Waals surface area contributed by atoms with E-state index in [9.17, 15) is 0 Å². The minimum Gasteiger partial charge on any atom is -0.759 e. The summed E-state index contributed by atoms with van der Waals surface area (Å²) in [5, 5.41) is 7.19. The molecule has 47 heavy (non-hydrogen) atoms. The summed E-state index contributed by atoms with van der Waals surface area (Å²) in [5.74, 6) is 0. The Morgan fingerprint density at radius 3 is 0.851 bits per heavy atom. The molecule has 0 aliphatic carbocycles. The summed E-state index contributed by atoms with van der Waals surface area (Å²) >= 11 is 0. The average Bonchev–Trinajstić information content (AvgIpc) is 3.01. The second-order valence-electron chi connectivity index (χ2n) is 14.9. The highest BCUT2D eigenvalue weighted by Crippen LogP contribution is 2.11. The van der Waals surface area contributed by atoms with Gasteiger partial charge in [0, 0.05) is 36.3 Å². The van der Waals surface area contributed by atoms with E-state index in [-0.39, 0.29) is 0 Å². The van der Waals surface area contributed by atoms with Gasteiger partial charge in [0.1, 0.15) is 0 Å². The van der Waals surface area contributed by atoms with Gasteiger partial charge in [-0.15, -0.1) is 0 Å². The van der Waals surface area contributed by atoms with Crippen molar-refractivity contribution < 1.29 is 26.5 Å². The van der Waals surface area contributed by atoms with Crippen LogP contribution in [0.5, 0.6) is 0 Å². The average molecular weight is 695 g/mol. The van der Waals surface area contributed by atoms with E-state index in [1.165, 1.54) is 194 Å². The lowest BCUT2D eigenvalue weighted by molar-refractivity contribution is -0.888. The summed E-state index contributed by atoms with van der Waals surface area (Å²) in [6.45, 7) is 19.0. The van der Waals surface area contributed by atoms with Crippen LogP contribution in [0.3, 0.4) is 0 Å². The Hall–Kier alpha value is -0.290. The first-order valence-electron chi connectivity index (χ1n) is 20.0. The van der Waals surface area contributed by atoms with Crippen molar-refractivity contribution in [3.8, 4) is 0 Å². The molecule has 0 amide bonds. The monoisotopic (exact) mass is 695 g/mol. The van der Waals surface area contributed by atoms with E-state index in [2.05, 4.69) is 66.5 Å². The van der Waals surface area contributed by atoms with Gasteiger partial charge in [-0.05, 0) is 39.8 Å². The number of quaternary nitrogens is 2. The molecule has 0 aromatic carbocycles. The van der Waals surface area contributed by atoms with E-state index < -0.39 is 10.4 Å². The van der Waals surface area contributed by atoms with Crippen LogP contribution in [0, 0.1) is 0 Å². The highest BCUT2D eigenvalue weighted by Gasteiger charge is 2.10. The van der Waals surface area contributed by atoms with Crippen molar-refractivity contribution >= 4 is 10.4 Å². The number of hydrogen-bond donors (Lipinski definition) is 2. The lowest BCUT2D eigenvalue weighted by atomic mass is 10.1. The fourth-order valence-corrected chi connectivity index (χ4v) is 5.31. The molecule has 0 aliphatic rings. The van der Waals surface area contributed by atoms with Gasteiger partial charge in [0.05, 0.1) is 54.4 Å². The largest absolute Gasteiger partial charge is 0.759 e. The first-order chi connectivity index (χ1) is 22.2. The topological polar surface area (TPSA) is 104 Å². The molecule has 0 atom stereocenters. The maximum absolute atomic E-state index is 8.52. The zero-order chi connectivity index (χ0) is 36.1. The van der Waals surface area contributed by atoms with Crippen LogP contribution < -0.4 is 10.6 Å². The fraction of sp³-hybridized carbons (Fsp3) is 1.00. The minimum absolute atomic E-state index is 1.15. The van der Waals surface area contributed by atoms with Gasteiger partial charge in [0.25, 0.3) is 0 Å². The molecule has 8 nitrogen and oxygen atoms in total. The number of hydrogen-bond acceptors (Lipinski definition) is 6. The van der Waals surface area contributed by atoms with E-state index in [1.807, 2.05) is 0 Å². The van der Waals surface area contributed by atoms with E-state index in [1.54, 1.807) is 0 Å². The van der Waals surface area contributed by atoms with Crippen LogP contribution in [0.1, 0.15) is 169 Å². The van der Waals surface area contributed by atoms with Gasteiger partial charge in [-0.1, -0.05) is 129 Å². The summed E-state index contributed by atoms with van der Waals surface area (Å²) in [6.07, 6.45) is 31.2. The molecule has 0 radical (unpaired) electrons. The van der Waals surface area contributed by atoms with E-state index in [0.29, 0.717) is 0 Å². The second-order valence-corrected chi connectivity index (χ2v) is 15.7. The molecular weight excluding hydrogens is 609 g/mol. The maximum Gasteiger partial charge on any atom is 0.0794 e. The Bertz CT molecular complexity index is 654. The first-order valence-corrected chi connectivity index (χ1v) is 21.3. The Morgan fingerprint density at radius 2 is 0.617 bits per heavy atom. The van der Waals surface area contributed by atoms with Crippen LogP contribution >= 0.6 is 0 Å². The summed E-state index contributed by atoms with van der Waals surface area (Å²) in [6, 6.07) is 0. The third-order valence-corrected chi connectivity index (χ3v) is 9.36. The minimum atomic E-state index is -5.17. The molecule has 2 N–H and O–H groups in total. The standard InChI is InChI=1S/2C19H43N2.H2O4S/c2*1-5-7-8-9-10-11-12-13-14-15-17-20-18-16-19-21(3,4)6-2;1-5(2,3)4/h2*20H,5-19H2,1-4H3;(H2,1,2,3,4)/q2*+1;/p-2. The number of unbranched alkanes of at least 4 members (excludes halogenated alkanes) is 18. The third kappa shape index (κ3) is 55.4. The Balaban J connectivity index is -0.000000719. The third-order valence-electron chi connectivity index (χ3n) is 9.36. The maximum atomic E-state index is 8.52. The van der Waals surface area contributed by atoms with Crippen LogP contribution in [-0.2, 0) is 10.4 Å². The van der Waals surface area contributed by atoms with E-state index >= 15 is 0 Å². The molecule has 288 valence electrons. The summed E-state index contributed by atoms with van der Waals surface area (Å²) in [5.41, 5.74) is 0. The van der Waals surface area contributed by atoms with Crippen molar-refractivity contribution in [2.24, 2.45) is 0 Å². The predicted molar refractivity (Wildman–Crippen MR) is 204 cm³/mol. The second kappa shape index (κ2) is 37.0. The highest BCUT2D eigenvalue weighted by molar-refractivity contribution is 7.79. The van der Waals surface area contributed by atoms with Crippen molar-refractivity contribution in [1.29, 1.82) is 0 Å². The predicted octanol–water partition coefficient (Wildman–Crippen LogP) is 8.63. The summed E-state index contributed by atoms with van der Waals surface area (Å²) < 4.78 is 36.4. The van der Waals surface area contributed by atoms with Crippen molar-refractivity contribution in [1.82, 2.24) is 10.6 Å². The van der Waals surface area contributed by atoms with Gasteiger partial charge in [-0.2, -0.15) is 0 Å². The van der Waals surface area contributed by atoms with E-state index in [0.717, 1.165) is 8.97 Å². The van der Waals surface area contributed by atoms with Crippen LogP contribution in [0.2, 0.25) is 0 Å². The number of nitrogens with zero attached hydrogens (tertiary/aromatic N) is 2. The van der Waals surface area contributed by atoms with Crippen LogP contribution in [0.15, 0.2) is 0 Å². The molecule has 0 saturated carbocycles. The van der Waals surface area contributed by atoms with Crippen LogP contribution in [0.25, 0.3) is 0 Å². The molecule has 0 rings (SSSR count). The number of rotatable bonds is 32. The van der Waals surface area contributed by atoms with Gasteiger partial charge < -0.3 is 28.7 Å². The van der Waals surface area contributed by atoms with Crippen molar-refractivity contribution in [3.05, 3.63) is 0 Å². The zero-order valence-corrected chi connectivity index (χ0v) is 34.0. The van der Waals surface area contributed by atoms with Crippen LogP contribution in [0.4, 0.5) is 0 Å². The zero-order valence-electron chi connectivity index (χ0n) is 33.1. The van der Waals surface area contributed by atoms with Crippen LogP contribution in [-0.4, -0.2) is 107 Å². The summed E-state index contributed by atoms with van der Waals surface area (Å²) in [7, 11) is 4.12. The SMILES string of the molecule is CCCCCCCCCCCCNCCC[N+](C)(C)CC.CCCCCCCCCCCCNCCC[N+](C)(C)CC.O=S(=O)([O-])[O-]. The molecule has 0 saturated heterocycles. The fourth-order valence-electron chi connectivity index (χ4n) is 5.31. The Kier molecular flexibility index (Phi) is 40.2. The quantitative estimate of drug-likeness (QED) is 0.0316. The molecule has 0 aromatic heterocycles. The molecule has 0 unspecified atom stereocenters. The van der Waals surface area contributed by atoms with Crippen molar-refractivity contribution in [2.45, 2.75) is 169 Å². The van der Waals surface area contributed by atoms with Crippen molar-refractivity contribution in [2.75, 3.05) is 80.5 Å². The molecule has 0 aliphatic heterocycles. The highest BCUT2D eigenvalue weighted by atomic mass is 32.3. The normalized spacial score (nSPS) is 12.0. The molecular formula is C38H86N4O4S. The molecule has 9 heteroatoms. The molecule has 0 bridgehead atoms. The van der Waals surface area contributed by atoms with Gasteiger partial charge in [0.15, 0.2) is 0 Å². The van der Waals surface area contributed by atoms with Crippen molar-refractivity contribution in [3.63, 3.8) is 0 Å². The van der Waals surface area contributed by atoms with Gasteiger partial charge in [0.2, 0.25) is 0 Å².